The number of hydrogen-bond acceptors (Lipinski definition) is 7. The summed E-state index contributed by atoms with van der Waals surface area (Å²) in [6, 6.07) is 4.11. The lowest BCUT2D eigenvalue weighted by molar-refractivity contribution is -0.0406. The molecule has 0 unspecified atom stereocenters. The maximum Gasteiger partial charge on any atom is 0.339 e. The molecule has 2 aliphatic heterocycles. The molecule has 31 heavy (non-hydrogen) atoms. The van der Waals surface area contributed by atoms with E-state index in [0.29, 0.717) is 0 Å². The van der Waals surface area contributed by atoms with Gasteiger partial charge in [0.05, 0.1) is 11.1 Å². The molecule has 3 rings (SSSR count). The highest BCUT2D eigenvalue weighted by Crippen LogP contribution is 2.33. The second-order valence-electron chi connectivity index (χ2n) is 9.76. The van der Waals surface area contributed by atoms with Crippen molar-refractivity contribution in [2.75, 3.05) is 26.2 Å². The van der Waals surface area contributed by atoms with Crippen molar-refractivity contribution < 1.29 is 24.2 Å². The SMILES string of the molecule is CC(C)(OC(=O)c1ccc(O)cc1C(=O)OC(C)(C)C1CCNCC1)C1CCNCC1. The third-order valence-electron chi connectivity index (χ3n) is 6.80. The quantitative estimate of drug-likeness (QED) is 0.594. The lowest BCUT2D eigenvalue weighted by Gasteiger charge is -2.37. The maximum absolute atomic E-state index is 13.1. The first-order valence-electron chi connectivity index (χ1n) is 11.3. The van der Waals surface area contributed by atoms with E-state index in [9.17, 15) is 14.7 Å². The van der Waals surface area contributed by atoms with Crippen molar-refractivity contribution in [2.45, 2.75) is 64.6 Å². The van der Waals surface area contributed by atoms with Crippen LogP contribution in [0.15, 0.2) is 18.2 Å². The fourth-order valence-electron chi connectivity index (χ4n) is 4.67. The first kappa shape index (κ1) is 23.5. The van der Waals surface area contributed by atoms with E-state index in [2.05, 4.69) is 10.6 Å². The number of ether oxygens (including phenoxy) is 2. The summed E-state index contributed by atoms with van der Waals surface area (Å²) < 4.78 is 11.7. The van der Waals surface area contributed by atoms with Gasteiger partial charge in [0.25, 0.3) is 0 Å². The number of hydrogen-bond donors (Lipinski definition) is 3. The number of nitrogens with one attached hydrogen (secondary N) is 2. The van der Waals surface area contributed by atoms with Crippen LogP contribution >= 0.6 is 0 Å². The third kappa shape index (κ3) is 5.77. The number of rotatable bonds is 6. The van der Waals surface area contributed by atoms with Gasteiger partial charge in [-0.1, -0.05) is 0 Å². The van der Waals surface area contributed by atoms with E-state index in [1.807, 2.05) is 27.7 Å². The van der Waals surface area contributed by atoms with E-state index in [1.165, 1.54) is 18.2 Å². The van der Waals surface area contributed by atoms with Crippen molar-refractivity contribution in [2.24, 2.45) is 11.8 Å². The van der Waals surface area contributed by atoms with Crippen LogP contribution in [0.25, 0.3) is 0 Å². The number of aromatic hydroxyl groups is 1. The van der Waals surface area contributed by atoms with Gasteiger partial charge in [-0.3, -0.25) is 0 Å². The number of esters is 2. The van der Waals surface area contributed by atoms with Crippen LogP contribution < -0.4 is 10.6 Å². The summed E-state index contributed by atoms with van der Waals surface area (Å²) in [6.07, 6.45) is 3.68. The second kappa shape index (κ2) is 9.57. The van der Waals surface area contributed by atoms with Crippen LogP contribution in [0, 0.1) is 11.8 Å². The molecule has 172 valence electrons. The summed E-state index contributed by atoms with van der Waals surface area (Å²) >= 11 is 0. The Bertz CT molecular complexity index is 793. The Morgan fingerprint density at radius 2 is 1.23 bits per heavy atom. The van der Waals surface area contributed by atoms with E-state index in [1.54, 1.807) is 0 Å². The Hall–Kier alpha value is -2.12. The van der Waals surface area contributed by atoms with Gasteiger partial charge in [-0.15, -0.1) is 0 Å². The van der Waals surface area contributed by atoms with Gasteiger partial charge < -0.3 is 25.2 Å². The predicted octanol–water partition coefficient (Wildman–Crippen LogP) is 3.26. The number of benzene rings is 1. The zero-order valence-electron chi connectivity index (χ0n) is 19.1. The Labute approximate surface area is 184 Å². The number of phenolic OH excluding ortho intramolecular Hbond substituents is 1. The van der Waals surface area contributed by atoms with E-state index in [4.69, 9.17) is 9.47 Å². The van der Waals surface area contributed by atoms with E-state index in [0.717, 1.165) is 51.9 Å². The van der Waals surface area contributed by atoms with Crippen molar-refractivity contribution in [1.82, 2.24) is 10.6 Å². The second-order valence-corrected chi connectivity index (χ2v) is 9.76. The molecule has 7 nitrogen and oxygen atoms in total. The Kier molecular flexibility index (Phi) is 7.27. The van der Waals surface area contributed by atoms with Crippen molar-refractivity contribution in [3.63, 3.8) is 0 Å². The summed E-state index contributed by atoms with van der Waals surface area (Å²) in [5, 5.41) is 16.6. The molecule has 0 aromatic heterocycles. The van der Waals surface area contributed by atoms with Crippen LogP contribution in [0.3, 0.4) is 0 Å². The van der Waals surface area contributed by atoms with Gasteiger partial charge in [0.15, 0.2) is 0 Å². The monoisotopic (exact) mass is 432 g/mol. The molecule has 0 bridgehead atoms. The number of carbonyl (C=O) groups excluding carboxylic acids is 2. The third-order valence-corrected chi connectivity index (χ3v) is 6.80. The molecule has 2 aliphatic rings. The van der Waals surface area contributed by atoms with Crippen molar-refractivity contribution >= 4 is 11.9 Å². The molecule has 2 saturated heterocycles. The zero-order chi connectivity index (χ0) is 22.6. The molecule has 0 atom stereocenters. The van der Waals surface area contributed by atoms with Gasteiger partial charge in [0.2, 0.25) is 0 Å². The van der Waals surface area contributed by atoms with Crippen LogP contribution in [0.5, 0.6) is 5.75 Å². The molecule has 0 amide bonds. The topological polar surface area (TPSA) is 96.9 Å². The molecule has 7 heteroatoms. The van der Waals surface area contributed by atoms with E-state index < -0.39 is 23.1 Å². The molecule has 3 N–H and O–H groups in total. The van der Waals surface area contributed by atoms with Gasteiger partial charge in [-0.25, -0.2) is 9.59 Å². The number of piperidine rings is 2. The lowest BCUT2D eigenvalue weighted by atomic mass is 9.83. The maximum atomic E-state index is 13.1. The lowest BCUT2D eigenvalue weighted by Crippen LogP contribution is -2.43. The molecular formula is C24H36N2O5. The van der Waals surface area contributed by atoms with Crippen LogP contribution in [0.2, 0.25) is 0 Å². The molecule has 0 saturated carbocycles. The van der Waals surface area contributed by atoms with Crippen LogP contribution in [-0.2, 0) is 9.47 Å². The van der Waals surface area contributed by atoms with E-state index in [-0.39, 0.29) is 28.7 Å². The average Bonchev–Trinajstić information content (AvgIpc) is 2.74. The first-order chi connectivity index (χ1) is 14.6. The molecular weight excluding hydrogens is 396 g/mol. The summed E-state index contributed by atoms with van der Waals surface area (Å²) in [7, 11) is 0. The molecule has 2 fully saturated rings. The Morgan fingerprint density at radius 1 is 0.806 bits per heavy atom. The number of carbonyl (C=O) groups is 2. The fraction of sp³-hybridized carbons (Fsp3) is 0.667. The largest absolute Gasteiger partial charge is 0.508 e. The minimum atomic E-state index is -0.680. The molecule has 0 radical (unpaired) electrons. The van der Waals surface area contributed by atoms with Crippen molar-refractivity contribution in [3.8, 4) is 5.75 Å². The normalized spacial score (nSPS) is 19.1. The fourth-order valence-corrected chi connectivity index (χ4v) is 4.67. The summed E-state index contributed by atoms with van der Waals surface area (Å²) in [5.41, 5.74) is -1.19. The average molecular weight is 433 g/mol. The van der Waals surface area contributed by atoms with Crippen molar-refractivity contribution in [3.05, 3.63) is 29.3 Å². The van der Waals surface area contributed by atoms with Gasteiger partial charge in [0, 0.05) is 11.8 Å². The predicted molar refractivity (Wildman–Crippen MR) is 118 cm³/mol. The van der Waals surface area contributed by atoms with Gasteiger partial charge in [0.1, 0.15) is 17.0 Å². The first-order valence-corrected chi connectivity index (χ1v) is 11.3. The standard InChI is InChI=1S/C24H36N2O5/c1-23(2,16-7-11-25-12-8-16)30-21(28)19-6-5-18(27)15-20(19)22(29)31-24(3,4)17-9-13-26-14-10-17/h5-6,15-17,25-27H,7-14H2,1-4H3. The van der Waals surface area contributed by atoms with Crippen LogP contribution in [0.1, 0.15) is 74.1 Å². The van der Waals surface area contributed by atoms with Crippen LogP contribution in [-0.4, -0.2) is 54.4 Å². The van der Waals surface area contributed by atoms with Crippen molar-refractivity contribution in [1.29, 1.82) is 0 Å². The summed E-state index contributed by atoms with van der Waals surface area (Å²) in [5.74, 6) is -0.824. The molecule has 1 aromatic rings. The minimum Gasteiger partial charge on any atom is -0.508 e. The smallest absolute Gasteiger partial charge is 0.339 e. The van der Waals surface area contributed by atoms with Gasteiger partial charge >= 0.3 is 11.9 Å². The minimum absolute atomic E-state index is 0.0353. The van der Waals surface area contributed by atoms with Crippen LogP contribution in [0.4, 0.5) is 0 Å². The van der Waals surface area contributed by atoms with E-state index >= 15 is 0 Å². The highest BCUT2D eigenvalue weighted by molar-refractivity contribution is 6.03. The summed E-state index contributed by atoms with van der Waals surface area (Å²) in [6.45, 7) is 11.2. The Morgan fingerprint density at radius 3 is 1.68 bits per heavy atom. The van der Waals surface area contributed by atoms with Gasteiger partial charge in [-0.2, -0.15) is 0 Å². The molecule has 0 aliphatic carbocycles. The molecule has 2 heterocycles. The van der Waals surface area contributed by atoms with Gasteiger partial charge in [-0.05, 0) is 97.8 Å². The highest BCUT2D eigenvalue weighted by Gasteiger charge is 2.37. The Balaban J connectivity index is 1.77. The highest BCUT2D eigenvalue weighted by atomic mass is 16.6. The zero-order valence-corrected chi connectivity index (χ0v) is 19.1. The molecule has 0 spiro atoms. The number of phenols is 1. The molecule has 1 aromatic carbocycles. The summed E-state index contributed by atoms with van der Waals surface area (Å²) in [4.78, 5) is 26.2.